The molecule has 2 unspecified atom stereocenters. The van der Waals surface area contributed by atoms with Gasteiger partial charge in [0.05, 0.1) is 16.2 Å². The second-order valence-electron chi connectivity index (χ2n) is 6.87. The summed E-state index contributed by atoms with van der Waals surface area (Å²) in [5.41, 5.74) is 0. The number of hydrogen-bond acceptors (Lipinski definition) is 4. The minimum Gasteiger partial charge on any atom is -0.748 e. The second-order valence-corrected chi connectivity index (χ2v) is 8.52. The van der Waals surface area contributed by atoms with E-state index in [0.717, 1.165) is 51.4 Å². The van der Waals surface area contributed by atoms with Crippen molar-refractivity contribution < 1.29 is 47.6 Å². The maximum Gasteiger partial charge on any atom is 1.00 e. The van der Waals surface area contributed by atoms with E-state index >= 15 is 0 Å². The largest absolute Gasteiger partial charge is 1.00 e. The van der Waals surface area contributed by atoms with Gasteiger partial charge in [-0.3, -0.25) is 0 Å². The molecule has 0 aliphatic rings. The van der Waals surface area contributed by atoms with Crippen LogP contribution in [0.4, 0.5) is 0 Å². The van der Waals surface area contributed by atoms with Gasteiger partial charge >= 0.3 is 29.6 Å². The van der Waals surface area contributed by atoms with E-state index < -0.39 is 15.4 Å². The molecule has 0 fully saturated rings. The van der Waals surface area contributed by atoms with E-state index in [0.29, 0.717) is 12.8 Å². The molecule has 0 heterocycles. The smallest absolute Gasteiger partial charge is 0.748 e. The van der Waals surface area contributed by atoms with Crippen LogP contribution in [0.15, 0.2) is 0 Å². The number of rotatable bonds is 16. The molecule has 0 aliphatic heterocycles. The Morgan fingerprint density at radius 2 is 1.17 bits per heavy atom. The first-order valence-electron chi connectivity index (χ1n) is 9.50. The first-order chi connectivity index (χ1) is 10.9. The Hall–Kier alpha value is 0.870. The molecule has 140 valence electrons. The fraction of sp³-hybridized carbons (Fsp3) is 1.00. The predicted octanol–water partition coefficient (Wildman–Crippen LogP) is 1.77. The van der Waals surface area contributed by atoms with E-state index in [1.54, 1.807) is 6.92 Å². The Labute approximate surface area is 172 Å². The first-order valence-corrected chi connectivity index (χ1v) is 11.0. The van der Waals surface area contributed by atoms with E-state index in [1.165, 1.54) is 25.7 Å². The Morgan fingerprint density at radius 3 is 1.54 bits per heavy atom. The van der Waals surface area contributed by atoms with E-state index in [-0.39, 0.29) is 35.7 Å². The van der Waals surface area contributed by atoms with Crippen LogP contribution >= 0.6 is 0 Å². The maximum atomic E-state index is 11.4. The van der Waals surface area contributed by atoms with Crippen LogP contribution in [0.5, 0.6) is 0 Å². The van der Waals surface area contributed by atoms with Gasteiger partial charge in [-0.1, -0.05) is 77.6 Å². The standard InChI is InChI=1S/C18H38O4S.Na/c1-3-4-5-6-7-8-12-15-18(23(20,21)22)16-13-10-9-11-14-17(2)19;/h17-19H,3-16H2,1-2H3,(H,20,21,22);/q;+1/p-1. The van der Waals surface area contributed by atoms with Crippen LogP contribution in [0, 0.1) is 0 Å². The fourth-order valence-electron chi connectivity index (χ4n) is 2.93. The van der Waals surface area contributed by atoms with Crippen molar-refractivity contribution in [3.8, 4) is 0 Å². The quantitative estimate of drug-likeness (QED) is 0.254. The Kier molecular flexibility index (Phi) is 19.5. The summed E-state index contributed by atoms with van der Waals surface area (Å²) >= 11 is 0. The molecule has 24 heavy (non-hydrogen) atoms. The summed E-state index contributed by atoms with van der Waals surface area (Å²) in [6, 6.07) is 0. The minimum atomic E-state index is -4.16. The van der Waals surface area contributed by atoms with Crippen LogP contribution in [0.25, 0.3) is 0 Å². The molecule has 0 spiro atoms. The summed E-state index contributed by atoms with van der Waals surface area (Å²) in [5.74, 6) is 0. The zero-order chi connectivity index (χ0) is 17.6. The van der Waals surface area contributed by atoms with Crippen LogP contribution < -0.4 is 29.6 Å². The van der Waals surface area contributed by atoms with Crippen LogP contribution in [0.3, 0.4) is 0 Å². The molecule has 0 rings (SSSR count). The Bertz CT molecular complexity index is 358. The average Bonchev–Trinajstić information content (AvgIpc) is 2.46. The van der Waals surface area contributed by atoms with E-state index in [2.05, 4.69) is 6.92 Å². The summed E-state index contributed by atoms with van der Waals surface area (Å²) in [5, 5.41) is 8.47. The SMILES string of the molecule is CCCCCCCCCC(CCCCCCC(C)O)S(=O)(=O)[O-].[Na+]. The van der Waals surface area contributed by atoms with Gasteiger partial charge in [0.15, 0.2) is 0 Å². The molecule has 1 N–H and O–H groups in total. The van der Waals surface area contributed by atoms with Crippen molar-refractivity contribution >= 4 is 10.1 Å². The first kappa shape index (κ1) is 27.1. The molecule has 0 amide bonds. The van der Waals surface area contributed by atoms with Crippen molar-refractivity contribution in [2.75, 3.05) is 0 Å². The van der Waals surface area contributed by atoms with Gasteiger partial charge in [0.25, 0.3) is 0 Å². The summed E-state index contributed by atoms with van der Waals surface area (Å²) in [4.78, 5) is 0. The topological polar surface area (TPSA) is 77.4 Å². The van der Waals surface area contributed by atoms with Gasteiger partial charge < -0.3 is 9.66 Å². The zero-order valence-corrected chi connectivity index (χ0v) is 19.0. The monoisotopic (exact) mass is 372 g/mol. The maximum absolute atomic E-state index is 11.4. The molecular weight excluding hydrogens is 335 g/mol. The van der Waals surface area contributed by atoms with Crippen molar-refractivity contribution in [3.05, 3.63) is 0 Å². The van der Waals surface area contributed by atoms with Crippen molar-refractivity contribution in [1.82, 2.24) is 0 Å². The Morgan fingerprint density at radius 1 is 0.792 bits per heavy atom. The van der Waals surface area contributed by atoms with Gasteiger partial charge in [0, 0.05) is 5.25 Å². The summed E-state index contributed by atoms with van der Waals surface area (Å²) in [6.07, 6.45) is 13.2. The average molecular weight is 373 g/mol. The van der Waals surface area contributed by atoms with Crippen LogP contribution in [0.1, 0.15) is 104 Å². The molecule has 2 atom stereocenters. The molecule has 0 saturated heterocycles. The van der Waals surface area contributed by atoms with Gasteiger partial charge in [-0.05, 0) is 26.2 Å². The van der Waals surface area contributed by atoms with Gasteiger partial charge in [-0.2, -0.15) is 0 Å². The van der Waals surface area contributed by atoms with Crippen molar-refractivity contribution in [2.45, 2.75) is 115 Å². The number of aliphatic hydroxyl groups is 1. The molecule has 0 aromatic heterocycles. The third-order valence-corrected chi connectivity index (χ3v) is 5.72. The van der Waals surface area contributed by atoms with Gasteiger partial charge in [-0.25, -0.2) is 8.42 Å². The van der Waals surface area contributed by atoms with Gasteiger partial charge in [0.2, 0.25) is 0 Å². The predicted molar refractivity (Wildman–Crippen MR) is 95.5 cm³/mol. The van der Waals surface area contributed by atoms with Crippen molar-refractivity contribution in [1.29, 1.82) is 0 Å². The summed E-state index contributed by atoms with van der Waals surface area (Å²) in [7, 11) is -4.16. The number of hydrogen-bond donors (Lipinski definition) is 1. The van der Waals surface area contributed by atoms with Crippen LogP contribution in [0.2, 0.25) is 0 Å². The van der Waals surface area contributed by atoms with Gasteiger partial charge in [-0.15, -0.1) is 0 Å². The molecule has 0 saturated carbocycles. The number of aliphatic hydroxyl groups excluding tert-OH is 1. The molecule has 0 aliphatic carbocycles. The molecule has 0 radical (unpaired) electrons. The molecule has 0 aromatic rings. The second kappa shape index (κ2) is 17.3. The van der Waals surface area contributed by atoms with Crippen molar-refractivity contribution in [2.24, 2.45) is 0 Å². The summed E-state index contributed by atoms with van der Waals surface area (Å²) in [6.45, 7) is 3.97. The Balaban J connectivity index is 0. The molecule has 0 bridgehead atoms. The van der Waals surface area contributed by atoms with E-state index in [4.69, 9.17) is 0 Å². The number of unbranched alkanes of at least 4 members (excludes halogenated alkanes) is 9. The summed E-state index contributed by atoms with van der Waals surface area (Å²) < 4.78 is 34.1. The normalized spacial score (nSPS) is 14.2. The van der Waals surface area contributed by atoms with E-state index in [1.807, 2.05) is 0 Å². The third kappa shape index (κ3) is 17.7. The zero-order valence-electron chi connectivity index (χ0n) is 16.1. The van der Waals surface area contributed by atoms with E-state index in [9.17, 15) is 18.1 Å². The van der Waals surface area contributed by atoms with Crippen LogP contribution in [-0.4, -0.2) is 29.4 Å². The molecule has 4 nitrogen and oxygen atoms in total. The van der Waals surface area contributed by atoms with Gasteiger partial charge in [0.1, 0.15) is 0 Å². The third-order valence-electron chi connectivity index (χ3n) is 4.44. The van der Waals surface area contributed by atoms with Crippen molar-refractivity contribution in [3.63, 3.8) is 0 Å². The molecule has 0 aromatic carbocycles. The molecule has 6 heteroatoms. The minimum absolute atomic E-state index is 0. The fourth-order valence-corrected chi connectivity index (χ4v) is 3.84. The molecular formula is C18H37NaO4S. The van der Waals surface area contributed by atoms with Crippen LogP contribution in [-0.2, 0) is 10.1 Å².